The number of nitriles is 1. The second kappa shape index (κ2) is 4.40. The molecule has 0 radical (unpaired) electrons. The van der Waals surface area contributed by atoms with Crippen LogP contribution in [0.2, 0.25) is 10.0 Å². The van der Waals surface area contributed by atoms with E-state index in [1.54, 1.807) is 22.8 Å². The first-order valence-electron chi connectivity index (χ1n) is 4.93. The molecule has 0 atom stereocenters. The van der Waals surface area contributed by atoms with Crippen LogP contribution in [0, 0.1) is 18.3 Å². The first-order valence-corrected chi connectivity index (χ1v) is 5.69. The van der Waals surface area contributed by atoms with Crippen LogP contribution in [0.15, 0.2) is 18.2 Å². The maximum absolute atomic E-state index is 9.13. The quantitative estimate of drug-likeness (QED) is 0.791. The number of rotatable bonds is 1. The molecule has 2 aromatic rings. The van der Waals surface area contributed by atoms with Crippen LogP contribution in [-0.4, -0.2) is 9.55 Å². The van der Waals surface area contributed by atoms with E-state index in [4.69, 9.17) is 28.5 Å². The van der Waals surface area contributed by atoms with E-state index >= 15 is 0 Å². The van der Waals surface area contributed by atoms with Crippen LogP contribution in [0.5, 0.6) is 0 Å². The topological polar surface area (TPSA) is 41.6 Å². The molecule has 0 fully saturated rings. The molecule has 1 heterocycles. The van der Waals surface area contributed by atoms with Crippen molar-refractivity contribution < 1.29 is 0 Å². The lowest BCUT2D eigenvalue weighted by molar-refractivity contribution is 0.845. The monoisotopic (exact) mass is 265 g/mol. The van der Waals surface area contributed by atoms with Gasteiger partial charge in [-0.25, -0.2) is 4.98 Å². The number of aryl methyl sites for hydroxylation is 1. The van der Waals surface area contributed by atoms with Crippen molar-refractivity contribution in [2.45, 2.75) is 6.92 Å². The normalized spacial score (nSPS) is 10.3. The van der Waals surface area contributed by atoms with Gasteiger partial charge in [0.15, 0.2) is 0 Å². The van der Waals surface area contributed by atoms with Crippen LogP contribution in [0.1, 0.15) is 11.5 Å². The van der Waals surface area contributed by atoms with Crippen LogP contribution < -0.4 is 0 Å². The number of imidazole rings is 1. The fraction of sp³-hybridized carbons (Fsp3) is 0.167. The Hall–Kier alpha value is -1.50. The highest BCUT2D eigenvalue weighted by Gasteiger charge is 2.14. The van der Waals surface area contributed by atoms with Gasteiger partial charge < -0.3 is 4.57 Å². The zero-order valence-electron chi connectivity index (χ0n) is 9.33. The Morgan fingerprint density at radius 1 is 1.29 bits per heavy atom. The fourth-order valence-electron chi connectivity index (χ4n) is 1.58. The molecule has 0 aliphatic carbocycles. The molecule has 3 nitrogen and oxygen atoms in total. The van der Waals surface area contributed by atoms with E-state index < -0.39 is 0 Å². The number of aromatic nitrogens is 2. The third-order valence-corrected chi connectivity index (χ3v) is 3.36. The van der Waals surface area contributed by atoms with Crippen LogP contribution in [0.3, 0.4) is 0 Å². The highest BCUT2D eigenvalue weighted by atomic mass is 35.5. The van der Waals surface area contributed by atoms with E-state index in [1.165, 1.54) is 0 Å². The SMILES string of the molecule is Cc1nc(-c2ccc(Cl)c(Cl)c2)c(C#N)n1C. The molecule has 0 unspecified atom stereocenters. The molecule has 0 aliphatic rings. The number of benzene rings is 1. The molecule has 0 spiro atoms. The summed E-state index contributed by atoms with van der Waals surface area (Å²) >= 11 is 11.8. The second-order valence-corrected chi connectivity index (χ2v) is 4.47. The summed E-state index contributed by atoms with van der Waals surface area (Å²) in [5.74, 6) is 0.780. The van der Waals surface area contributed by atoms with E-state index in [0.717, 1.165) is 11.4 Å². The third-order valence-electron chi connectivity index (χ3n) is 2.62. The number of hydrogen-bond acceptors (Lipinski definition) is 2. The van der Waals surface area contributed by atoms with Gasteiger partial charge in [-0.15, -0.1) is 0 Å². The highest BCUT2D eigenvalue weighted by molar-refractivity contribution is 6.42. The molecule has 0 saturated heterocycles. The molecule has 0 N–H and O–H groups in total. The number of halogens is 2. The second-order valence-electron chi connectivity index (χ2n) is 3.66. The molecule has 86 valence electrons. The molecule has 0 saturated carbocycles. The summed E-state index contributed by atoms with van der Waals surface area (Å²) in [6.07, 6.45) is 0. The summed E-state index contributed by atoms with van der Waals surface area (Å²) in [5.41, 5.74) is 1.94. The predicted molar refractivity (Wildman–Crippen MR) is 68.1 cm³/mol. The average molecular weight is 266 g/mol. The standard InChI is InChI=1S/C12H9Cl2N3/c1-7-16-12(11(6-15)17(7)2)8-3-4-9(13)10(14)5-8/h3-5H,1-2H3. The molecular formula is C12H9Cl2N3. The first kappa shape index (κ1) is 12.0. The van der Waals surface area contributed by atoms with Gasteiger partial charge in [0, 0.05) is 12.6 Å². The van der Waals surface area contributed by atoms with Gasteiger partial charge in [-0.05, 0) is 19.1 Å². The van der Waals surface area contributed by atoms with Crippen molar-refractivity contribution in [1.29, 1.82) is 5.26 Å². The van der Waals surface area contributed by atoms with Gasteiger partial charge in [0.2, 0.25) is 0 Å². The predicted octanol–water partition coefficient (Wildman–Crippen LogP) is 3.57. The van der Waals surface area contributed by atoms with Crippen molar-refractivity contribution in [2.24, 2.45) is 7.05 Å². The molecule has 2 rings (SSSR count). The first-order chi connectivity index (χ1) is 8.04. The van der Waals surface area contributed by atoms with Gasteiger partial charge in [0.05, 0.1) is 10.0 Å². The highest BCUT2D eigenvalue weighted by Crippen LogP contribution is 2.29. The molecule has 1 aromatic heterocycles. The van der Waals surface area contributed by atoms with Gasteiger partial charge >= 0.3 is 0 Å². The third kappa shape index (κ3) is 2.02. The fourth-order valence-corrected chi connectivity index (χ4v) is 1.88. The van der Waals surface area contributed by atoms with Gasteiger partial charge in [-0.1, -0.05) is 29.3 Å². The van der Waals surface area contributed by atoms with Crippen molar-refractivity contribution in [3.63, 3.8) is 0 Å². The summed E-state index contributed by atoms with van der Waals surface area (Å²) < 4.78 is 1.75. The Balaban J connectivity index is 2.65. The molecule has 0 bridgehead atoms. The Labute approximate surface area is 109 Å². The van der Waals surface area contributed by atoms with E-state index in [9.17, 15) is 0 Å². The molecular weight excluding hydrogens is 257 g/mol. The van der Waals surface area contributed by atoms with Crippen LogP contribution in [-0.2, 0) is 7.05 Å². The zero-order chi connectivity index (χ0) is 12.6. The van der Waals surface area contributed by atoms with E-state index in [-0.39, 0.29) is 0 Å². The van der Waals surface area contributed by atoms with E-state index in [0.29, 0.717) is 21.4 Å². The van der Waals surface area contributed by atoms with Crippen molar-refractivity contribution >= 4 is 23.2 Å². The van der Waals surface area contributed by atoms with Crippen LogP contribution in [0.25, 0.3) is 11.3 Å². The number of hydrogen-bond donors (Lipinski definition) is 0. The maximum atomic E-state index is 9.13. The summed E-state index contributed by atoms with van der Waals surface area (Å²) in [4.78, 5) is 4.36. The minimum absolute atomic E-state index is 0.455. The lowest BCUT2D eigenvalue weighted by atomic mass is 10.1. The van der Waals surface area contributed by atoms with Gasteiger partial charge in [-0.2, -0.15) is 5.26 Å². The largest absolute Gasteiger partial charge is 0.323 e. The Bertz CT molecular complexity index is 623. The Morgan fingerprint density at radius 3 is 2.59 bits per heavy atom. The smallest absolute Gasteiger partial charge is 0.147 e. The van der Waals surface area contributed by atoms with Crippen molar-refractivity contribution in [2.75, 3.05) is 0 Å². The maximum Gasteiger partial charge on any atom is 0.147 e. The van der Waals surface area contributed by atoms with Crippen molar-refractivity contribution in [3.8, 4) is 17.3 Å². The summed E-state index contributed by atoms with van der Waals surface area (Å²) in [5, 5.41) is 10.1. The van der Waals surface area contributed by atoms with Gasteiger partial charge in [0.25, 0.3) is 0 Å². The van der Waals surface area contributed by atoms with E-state index in [2.05, 4.69) is 11.1 Å². The zero-order valence-corrected chi connectivity index (χ0v) is 10.8. The van der Waals surface area contributed by atoms with E-state index in [1.807, 2.05) is 14.0 Å². The average Bonchev–Trinajstić information content (AvgIpc) is 2.59. The Kier molecular flexibility index (Phi) is 3.10. The van der Waals surface area contributed by atoms with Crippen molar-refractivity contribution in [3.05, 3.63) is 39.8 Å². The molecule has 1 aromatic carbocycles. The minimum atomic E-state index is 0.455. The summed E-state index contributed by atoms with van der Waals surface area (Å²) in [6, 6.07) is 7.36. The minimum Gasteiger partial charge on any atom is -0.323 e. The van der Waals surface area contributed by atoms with Gasteiger partial charge in [0.1, 0.15) is 23.3 Å². The molecule has 0 aliphatic heterocycles. The molecule has 0 amide bonds. The molecule has 17 heavy (non-hydrogen) atoms. The van der Waals surface area contributed by atoms with Crippen LogP contribution >= 0.6 is 23.2 Å². The summed E-state index contributed by atoms with van der Waals surface area (Å²) in [7, 11) is 1.81. The van der Waals surface area contributed by atoms with Crippen molar-refractivity contribution in [1.82, 2.24) is 9.55 Å². The number of nitrogens with zero attached hydrogens (tertiary/aromatic N) is 3. The van der Waals surface area contributed by atoms with Gasteiger partial charge in [-0.3, -0.25) is 0 Å². The molecule has 5 heteroatoms. The lowest BCUT2D eigenvalue weighted by Crippen LogP contribution is -1.94. The Morgan fingerprint density at radius 2 is 2.00 bits per heavy atom. The lowest BCUT2D eigenvalue weighted by Gasteiger charge is -2.01. The van der Waals surface area contributed by atoms with Crippen LogP contribution in [0.4, 0.5) is 0 Å². The summed E-state index contributed by atoms with van der Waals surface area (Å²) in [6.45, 7) is 1.85.